The van der Waals surface area contributed by atoms with E-state index in [4.69, 9.17) is 4.52 Å². The molecule has 7 heteroatoms. The predicted octanol–water partition coefficient (Wildman–Crippen LogP) is 5.01. The van der Waals surface area contributed by atoms with Gasteiger partial charge in [0.25, 0.3) is 5.89 Å². The molecule has 5 aromatic rings. The molecule has 1 N–H and O–H groups in total. The van der Waals surface area contributed by atoms with Gasteiger partial charge < -0.3 is 9.84 Å². The molecule has 0 aliphatic rings. The van der Waals surface area contributed by atoms with Gasteiger partial charge in [-0.15, -0.1) is 0 Å². The summed E-state index contributed by atoms with van der Waals surface area (Å²) >= 11 is 0. The summed E-state index contributed by atoms with van der Waals surface area (Å²) in [7, 11) is 0. The number of fused-ring (bicyclic) bond motifs is 1. The first kappa shape index (κ1) is 19.7. The van der Waals surface area contributed by atoms with Crippen LogP contribution in [0.4, 0.5) is 5.69 Å². The van der Waals surface area contributed by atoms with Crippen molar-refractivity contribution in [3.8, 4) is 23.0 Å². The first-order valence-electron chi connectivity index (χ1n) is 10.3. The van der Waals surface area contributed by atoms with Crippen LogP contribution in [-0.4, -0.2) is 25.8 Å². The van der Waals surface area contributed by atoms with Crippen LogP contribution in [0.25, 0.3) is 33.9 Å². The maximum atomic E-state index is 12.7. The molecule has 0 saturated carbocycles. The molecule has 0 aliphatic carbocycles. The summed E-state index contributed by atoms with van der Waals surface area (Å²) in [6.45, 7) is 4.05. The molecule has 0 bridgehead atoms. The van der Waals surface area contributed by atoms with Crippen LogP contribution in [0.2, 0.25) is 0 Å². The van der Waals surface area contributed by atoms with Crippen molar-refractivity contribution in [2.75, 3.05) is 5.32 Å². The molecule has 158 valence electrons. The number of aryl methyl sites for hydroxylation is 2. The number of hydrogen-bond acceptors (Lipinski definition) is 5. The number of benzene rings is 3. The van der Waals surface area contributed by atoms with E-state index in [-0.39, 0.29) is 12.5 Å². The number of carbonyl (C=O) groups excluding carboxylic acids is 1. The molecule has 5 rings (SSSR count). The molecule has 0 unspecified atom stereocenters. The molecule has 1 amide bonds. The van der Waals surface area contributed by atoms with Crippen molar-refractivity contribution in [2.24, 2.45) is 0 Å². The van der Waals surface area contributed by atoms with Crippen molar-refractivity contribution in [2.45, 2.75) is 20.4 Å². The Morgan fingerprint density at radius 1 is 0.969 bits per heavy atom. The van der Waals surface area contributed by atoms with Crippen molar-refractivity contribution >= 4 is 22.5 Å². The van der Waals surface area contributed by atoms with Crippen LogP contribution in [0, 0.1) is 13.8 Å². The fraction of sp³-hybridized carbons (Fsp3) is 0.120. The van der Waals surface area contributed by atoms with E-state index in [9.17, 15) is 4.79 Å². The fourth-order valence-corrected chi connectivity index (χ4v) is 3.58. The van der Waals surface area contributed by atoms with Gasteiger partial charge in [-0.3, -0.25) is 9.48 Å². The van der Waals surface area contributed by atoms with Crippen molar-refractivity contribution < 1.29 is 9.32 Å². The molecular formula is C25H21N5O2. The highest BCUT2D eigenvalue weighted by atomic mass is 16.5. The van der Waals surface area contributed by atoms with Gasteiger partial charge in [-0.1, -0.05) is 71.4 Å². The molecule has 3 aromatic carbocycles. The molecule has 0 atom stereocenters. The number of nitrogens with one attached hydrogen (secondary N) is 1. The van der Waals surface area contributed by atoms with Gasteiger partial charge in [0.05, 0.1) is 5.52 Å². The zero-order chi connectivity index (χ0) is 22.1. The van der Waals surface area contributed by atoms with Crippen molar-refractivity contribution in [3.63, 3.8) is 0 Å². The number of carbonyl (C=O) groups is 1. The monoisotopic (exact) mass is 423 g/mol. The van der Waals surface area contributed by atoms with E-state index < -0.39 is 0 Å². The van der Waals surface area contributed by atoms with Gasteiger partial charge in [0.2, 0.25) is 11.7 Å². The number of hydrogen-bond donors (Lipinski definition) is 1. The van der Waals surface area contributed by atoms with Crippen LogP contribution < -0.4 is 5.32 Å². The van der Waals surface area contributed by atoms with E-state index in [1.54, 1.807) is 4.68 Å². The van der Waals surface area contributed by atoms with E-state index in [0.29, 0.717) is 17.4 Å². The summed E-state index contributed by atoms with van der Waals surface area (Å²) in [6.07, 6.45) is 0. The second-order valence-electron chi connectivity index (χ2n) is 7.68. The number of anilines is 1. The Hall–Kier alpha value is -4.26. The van der Waals surface area contributed by atoms with Gasteiger partial charge in [-0.05, 0) is 31.5 Å². The lowest BCUT2D eigenvalue weighted by Crippen LogP contribution is -2.20. The highest BCUT2D eigenvalue weighted by Gasteiger charge is 2.20. The summed E-state index contributed by atoms with van der Waals surface area (Å²) in [5.41, 5.74) is 5.18. The normalized spacial score (nSPS) is 11.1. The maximum absolute atomic E-state index is 12.7. The van der Waals surface area contributed by atoms with Crippen LogP contribution >= 0.6 is 0 Å². The van der Waals surface area contributed by atoms with Gasteiger partial charge >= 0.3 is 0 Å². The highest BCUT2D eigenvalue weighted by Crippen LogP contribution is 2.28. The Kier molecular flexibility index (Phi) is 4.99. The molecule has 0 radical (unpaired) electrons. The van der Waals surface area contributed by atoms with E-state index >= 15 is 0 Å². The zero-order valence-electron chi connectivity index (χ0n) is 17.7. The second-order valence-corrected chi connectivity index (χ2v) is 7.68. The topological polar surface area (TPSA) is 85.8 Å². The standard InChI is InChI=1S/C25H21N5O2/c1-16-11-13-18(14-12-16)24-27-25(32-29-24)23-19-8-4-6-10-21(19)30(28-23)15-22(31)26-20-9-5-3-7-17(20)2/h3-14H,15H2,1-2H3,(H,26,31). The quantitative estimate of drug-likeness (QED) is 0.429. The van der Waals surface area contributed by atoms with Crippen molar-refractivity contribution in [3.05, 3.63) is 83.9 Å². The van der Waals surface area contributed by atoms with E-state index in [0.717, 1.165) is 33.3 Å². The molecule has 0 fully saturated rings. The average molecular weight is 423 g/mol. The minimum atomic E-state index is -0.162. The molecule has 0 aliphatic heterocycles. The van der Waals surface area contributed by atoms with Crippen LogP contribution in [0.1, 0.15) is 11.1 Å². The second kappa shape index (κ2) is 8.11. The average Bonchev–Trinajstić information content (AvgIpc) is 3.41. The Morgan fingerprint density at radius 3 is 2.53 bits per heavy atom. The van der Waals surface area contributed by atoms with Gasteiger partial charge in [0, 0.05) is 16.6 Å². The lowest BCUT2D eigenvalue weighted by Gasteiger charge is -2.08. The Labute approximate surface area is 184 Å². The molecule has 0 spiro atoms. The Morgan fingerprint density at radius 2 is 1.72 bits per heavy atom. The van der Waals surface area contributed by atoms with E-state index in [1.165, 1.54) is 0 Å². The third kappa shape index (κ3) is 3.76. The van der Waals surface area contributed by atoms with Gasteiger partial charge in [-0.25, -0.2) is 0 Å². The summed E-state index contributed by atoms with van der Waals surface area (Å²) in [5.74, 6) is 0.649. The molecule has 32 heavy (non-hydrogen) atoms. The lowest BCUT2D eigenvalue weighted by atomic mass is 10.1. The molecular weight excluding hydrogens is 402 g/mol. The van der Waals surface area contributed by atoms with Gasteiger partial charge in [0.15, 0.2) is 5.69 Å². The summed E-state index contributed by atoms with van der Waals surface area (Å²) in [4.78, 5) is 17.3. The molecule has 2 heterocycles. The largest absolute Gasteiger partial charge is 0.332 e. The SMILES string of the molecule is Cc1ccc(-c2noc(-c3nn(CC(=O)Nc4ccccc4C)c4ccccc34)n2)cc1. The van der Waals surface area contributed by atoms with Crippen LogP contribution in [0.3, 0.4) is 0 Å². The Balaban J connectivity index is 1.46. The van der Waals surface area contributed by atoms with Gasteiger partial charge in [-0.2, -0.15) is 10.1 Å². The summed E-state index contributed by atoms with van der Waals surface area (Å²) < 4.78 is 7.20. The fourth-order valence-electron chi connectivity index (χ4n) is 3.58. The number of para-hydroxylation sites is 2. The Bertz CT molecular complexity index is 1420. The third-order valence-corrected chi connectivity index (χ3v) is 5.31. The third-order valence-electron chi connectivity index (χ3n) is 5.31. The first-order chi connectivity index (χ1) is 15.6. The maximum Gasteiger partial charge on any atom is 0.279 e. The van der Waals surface area contributed by atoms with Crippen molar-refractivity contribution in [1.82, 2.24) is 19.9 Å². The van der Waals surface area contributed by atoms with Crippen LogP contribution in [0.5, 0.6) is 0 Å². The lowest BCUT2D eigenvalue weighted by molar-refractivity contribution is -0.116. The minimum Gasteiger partial charge on any atom is -0.332 e. The first-order valence-corrected chi connectivity index (χ1v) is 10.3. The number of aromatic nitrogens is 4. The number of nitrogens with zero attached hydrogens (tertiary/aromatic N) is 4. The summed E-state index contributed by atoms with van der Waals surface area (Å²) in [6, 6.07) is 23.3. The molecule has 0 saturated heterocycles. The van der Waals surface area contributed by atoms with Crippen molar-refractivity contribution in [1.29, 1.82) is 0 Å². The summed E-state index contributed by atoms with van der Waals surface area (Å²) in [5, 5.41) is 12.6. The minimum absolute atomic E-state index is 0.0633. The highest BCUT2D eigenvalue weighted by molar-refractivity contribution is 5.95. The molecule has 7 nitrogen and oxygen atoms in total. The zero-order valence-corrected chi connectivity index (χ0v) is 17.7. The number of rotatable bonds is 5. The smallest absolute Gasteiger partial charge is 0.279 e. The number of amides is 1. The van der Waals surface area contributed by atoms with Gasteiger partial charge in [0.1, 0.15) is 6.54 Å². The van der Waals surface area contributed by atoms with Crippen LogP contribution in [-0.2, 0) is 11.3 Å². The van der Waals surface area contributed by atoms with Crippen LogP contribution in [0.15, 0.2) is 77.3 Å². The molecule has 2 aromatic heterocycles. The van der Waals surface area contributed by atoms with E-state index in [1.807, 2.05) is 86.6 Å². The predicted molar refractivity (Wildman–Crippen MR) is 123 cm³/mol. The van der Waals surface area contributed by atoms with E-state index in [2.05, 4.69) is 20.6 Å².